The van der Waals surface area contributed by atoms with Crippen molar-refractivity contribution in [2.45, 2.75) is 20.0 Å². The first-order valence-electron chi connectivity index (χ1n) is 5.25. The summed E-state index contributed by atoms with van der Waals surface area (Å²) in [5.41, 5.74) is 1.15. The minimum atomic E-state index is -0.260. The van der Waals surface area contributed by atoms with Gasteiger partial charge in [-0.15, -0.1) is 0 Å². The highest BCUT2D eigenvalue weighted by atomic mass is 16.5. The molecule has 0 aliphatic heterocycles. The average Bonchev–Trinajstić information content (AvgIpc) is 2.25. The van der Waals surface area contributed by atoms with Gasteiger partial charge in [-0.3, -0.25) is 4.79 Å². The summed E-state index contributed by atoms with van der Waals surface area (Å²) in [4.78, 5) is 10.6. The van der Waals surface area contributed by atoms with Crippen molar-refractivity contribution in [2.75, 3.05) is 0 Å². The van der Waals surface area contributed by atoms with Crippen LogP contribution in [0.5, 0.6) is 0 Å². The van der Waals surface area contributed by atoms with Gasteiger partial charge in [-0.05, 0) is 18.6 Å². The van der Waals surface area contributed by atoms with Gasteiger partial charge in [-0.2, -0.15) is 0 Å². The molecule has 1 atom stereocenters. The Morgan fingerprint density at radius 3 is 2.56 bits per heavy atom. The van der Waals surface area contributed by atoms with Gasteiger partial charge in [0.05, 0.1) is 0 Å². The van der Waals surface area contributed by atoms with Crippen LogP contribution in [0.3, 0.4) is 0 Å². The number of hydrogen-bond acceptors (Lipinski definition) is 2. The monoisotopic (exact) mass is 216 g/mol. The molecule has 0 aromatic heterocycles. The van der Waals surface area contributed by atoms with E-state index >= 15 is 0 Å². The van der Waals surface area contributed by atoms with E-state index in [4.69, 9.17) is 4.74 Å². The Morgan fingerprint density at radius 2 is 1.94 bits per heavy atom. The lowest BCUT2D eigenvalue weighted by Gasteiger charge is -2.04. The molecular formula is C14H16O2. The summed E-state index contributed by atoms with van der Waals surface area (Å²) in [6, 6.07) is 10.0. The molecule has 0 spiro atoms. The van der Waals surface area contributed by atoms with Gasteiger partial charge in [0.2, 0.25) is 0 Å². The zero-order chi connectivity index (χ0) is 11.8. The third-order valence-corrected chi connectivity index (χ3v) is 1.93. The molecule has 0 saturated heterocycles. The van der Waals surface area contributed by atoms with Crippen LogP contribution in [0.1, 0.15) is 19.4 Å². The zero-order valence-corrected chi connectivity index (χ0v) is 9.59. The summed E-state index contributed by atoms with van der Waals surface area (Å²) in [6.45, 7) is 3.23. The molecule has 2 nitrogen and oxygen atoms in total. The highest BCUT2D eigenvalue weighted by molar-refractivity contribution is 5.66. The maximum absolute atomic E-state index is 10.6. The maximum Gasteiger partial charge on any atom is 0.303 e. The summed E-state index contributed by atoms with van der Waals surface area (Å²) >= 11 is 0. The molecule has 0 heterocycles. The Labute approximate surface area is 96.2 Å². The van der Waals surface area contributed by atoms with Crippen LogP contribution >= 0.6 is 0 Å². The van der Waals surface area contributed by atoms with Crippen molar-refractivity contribution in [3.05, 3.63) is 54.1 Å². The molecule has 84 valence electrons. The van der Waals surface area contributed by atoms with Gasteiger partial charge in [0.1, 0.15) is 6.10 Å². The fraction of sp³-hybridized carbons (Fsp3) is 0.214. The lowest BCUT2D eigenvalue weighted by atomic mass is 10.2. The van der Waals surface area contributed by atoms with Gasteiger partial charge >= 0.3 is 5.97 Å². The third-order valence-electron chi connectivity index (χ3n) is 1.93. The topological polar surface area (TPSA) is 26.3 Å². The normalized spacial score (nSPS) is 13.1. The number of hydrogen-bond donors (Lipinski definition) is 0. The van der Waals surface area contributed by atoms with Crippen LogP contribution < -0.4 is 0 Å². The smallest absolute Gasteiger partial charge is 0.303 e. The van der Waals surface area contributed by atoms with E-state index in [1.165, 1.54) is 6.92 Å². The van der Waals surface area contributed by atoms with E-state index in [1.54, 1.807) is 0 Å². The summed E-state index contributed by atoms with van der Waals surface area (Å²) in [6.07, 6.45) is 7.45. The Hall–Kier alpha value is -1.83. The highest BCUT2D eigenvalue weighted by Gasteiger charge is 1.97. The zero-order valence-electron chi connectivity index (χ0n) is 9.59. The van der Waals surface area contributed by atoms with E-state index in [1.807, 2.05) is 61.6 Å². The molecule has 16 heavy (non-hydrogen) atoms. The lowest BCUT2D eigenvalue weighted by Crippen LogP contribution is -2.08. The fourth-order valence-electron chi connectivity index (χ4n) is 1.25. The predicted molar refractivity (Wildman–Crippen MR) is 65.8 cm³/mol. The van der Waals surface area contributed by atoms with Gasteiger partial charge < -0.3 is 4.74 Å². The Kier molecular flexibility index (Phi) is 5.06. The number of carbonyl (C=O) groups is 1. The van der Waals surface area contributed by atoms with Crippen LogP contribution in [-0.4, -0.2) is 12.1 Å². The van der Waals surface area contributed by atoms with Gasteiger partial charge in [0, 0.05) is 6.92 Å². The number of allylic oxidation sites excluding steroid dienone is 2. The summed E-state index contributed by atoms with van der Waals surface area (Å²) in [7, 11) is 0. The Morgan fingerprint density at radius 1 is 1.25 bits per heavy atom. The van der Waals surface area contributed by atoms with Gasteiger partial charge in [-0.25, -0.2) is 0 Å². The number of carbonyl (C=O) groups excluding carboxylic acids is 1. The van der Waals surface area contributed by atoms with Crippen molar-refractivity contribution >= 4 is 12.0 Å². The minimum Gasteiger partial charge on any atom is -0.459 e. The van der Waals surface area contributed by atoms with Crippen molar-refractivity contribution < 1.29 is 9.53 Å². The fourth-order valence-corrected chi connectivity index (χ4v) is 1.25. The average molecular weight is 216 g/mol. The van der Waals surface area contributed by atoms with Crippen LogP contribution in [0.2, 0.25) is 0 Å². The molecule has 0 amide bonds. The van der Waals surface area contributed by atoms with E-state index in [0.717, 1.165) is 5.56 Å². The van der Waals surface area contributed by atoms with Crippen LogP contribution in [0, 0.1) is 0 Å². The first-order chi connectivity index (χ1) is 7.68. The second-order valence-corrected chi connectivity index (χ2v) is 3.47. The van der Waals surface area contributed by atoms with Crippen LogP contribution in [-0.2, 0) is 9.53 Å². The molecule has 1 unspecified atom stereocenters. The number of benzene rings is 1. The SMILES string of the molecule is CC(=O)OC(C)/C=C/C=C/c1ccccc1. The minimum absolute atomic E-state index is 0.182. The molecule has 1 aromatic rings. The van der Waals surface area contributed by atoms with Gasteiger partial charge in [0.15, 0.2) is 0 Å². The molecule has 0 aliphatic rings. The van der Waals surface area contributed by atoms with E-state index < -0.39 is 0 Å². The van der Waals surface area contributed by atoms with Crippen molar-refractivity contribution in [1.82, 2.24) is 0 Å². The first-order valence-corrected chi connectivity index (χ1v) is 5.25. The molecule has 0 aliphatic carbocycles. The van der Waals surface area contributed by atoms with E-state index in [9.17, 15) is 4.79 Å². The predicted octanol–water partition coefficient (Wildman–Crippen LogP) is 3.21. The van der Waals surface area contributed by atoms with Crippen LogP contribution in [0.15, 0.2) is 48.6 Å². The largest absolute Gasteiger partial charge is 0.459 e. The van der Waals surface area contributed by atoms with Crippen molar-refractivity contribution in [3.8, 4) is 0 Å². The molecule has 2 heteroatoms. The van der Waals surface area contributed by atoms with Gasteiger partial charge in [0.25, 0.3) is 0 Å². The summed E-state index contributed by atoms with van der Waals surface area (Å²) in [5.74, 6) is -0.260. The van der Waals surface area contributed by atoms with E-state index in [0.29, 0.717) is 0 Å². The number of esters is 1. The maximum atomic E-state index is 10.6. The Bertz CT molecular complexity index is 377. The third kappa shape index (κ3) is 5.15. The van der Waals surface area contributed by atoms with Crippen molar-refractivity contribution in [2.24, 2.45) is 0 Å². The molecule has 1 rings (SSSR count). The molecule has 0 N–H and O–H groups in total. The number of ether oxygens (including phenoxy) is 1. The van der Waals surface area contributed by atoms with E-state index in [-0.39, 0.29) is 12.1 Å². The Balaban J connectivity index is 2.42. The summed E-state index contributed by atoms with van der Waals surface area (Å²) in [5, 5.41) is 0. The highest BCUT2D eigenvalue weighted by Crippen LogP contribution is 2.01. The molecule has 0 bridgehead atoms. The second kappa shape index (κ2) is 6.62. The van der Waals surface area contributed by atoms with Crippen LogP contribution in [0.25, 0.3) is 6.08 Å². The number of rotatable bonds is 4. The van der Waals surface area contributed by atoms with E-state index in [2.05, 4.69) is 0 Å². The molecule has 0 fully saturated rings. The lowest BCUT2D eigenvalue weighted by molar-refractivity contribution is -0.143. The van der Waals surface area contributed by atoms with Crippen molar-refractivity contribution in [1.29, 1.82) is 0 Å². The first kappa shape index (κ1) is 12.2. The quantitative estimate of drug-likeness (QED) is 0.570. The molecule has 0 saturated carbocycles. The molecule has 0 radical (unpaired) electrons. The standard InChI is InChI=1S/C14H16O2/c1-12(16-13(2)15)8-6-7-11-14-9-4-3-5-10-14/h3-12H,1-2H3/b8-6+,11-7+. The van der Waals surface area contributed by atoms with Crippen LogP contribution in [0.4, 0.5) is 0 Å². The second-order valence-electron chi connectivity index (χ2n) is 3.47. The molecular weight excluding hydrogens is 200 g/mol. The van der Waals surface area contributed by atoms with Gasteiger partial charge in [-0.1, -0.05) is 48.6 Å². The summed E-state index contributed by atoms with van der Waals surface area (Å²) < 4.78 is 4.94. The van der Waals surface area contributed by atoms with Crippen molar-refractivity contribution in [3.63, 3.8) is 0 Å². The molecule has 1 aromatic carbocycles.